The zero-order valence-electron chi connectivity index (χ0n) is 10.4. The molecule has 0 aliphatic heterocycles. The maximum absolute atomic E-state index is 11.3. The van der Waals surface area contributed by atoms with E-state index in [9.17, 15) is 14.9 Å². The molecule has 0 unspecified atom stereocenters. The summed E-state index contributed by atoms with van der Waals surface area (Å²) >= 11 is 0. The van der Waals surface area contributed by atoms with Crippen molar-refractivity contribution in [1.82, 2.24) is 19.9 Å². The number of ketones is 1. The van der Waals surface area contributed by atoms with Crippen LogP contribution in [0.1, 0.15) is 35.5 Å². The summed E-state index contributed by atoms with van der Waals surface area (Å²) in [6, 6.07) is 0. The normalized spacial score (nSPS) is 10.6. The van der Waals surface area contributed by atoms with Crippen molar-refractivity contribution in [2.24, 2.45) is 0 Å². The smallest absolute Gasteiger partial charge is 0.309 e. The van der Waals surface area contributed by atoms with Crippen LogP contribution in [-0.4, -0.2) is 30.6 Å². The fourth-order valence-corrected chi connectivity index (χ4v) is 1.49. The van der Waals surface area contributed by atoms with Crippen LogP contribution in [0.15, 0.2) is 10.7 Å². The molecule has 2 aromatic rings. The first-order valence-electron chi connectivity index (χ1n) is 5.55. The van der Waals surface area contributed by atoms with Gasteiger partial charge in [0.25, 0.3) is 5.89 Å². The summed E-state index contributed by atoms with van der Waals surface area (Å²) in [5, 5.41) is 18.2. The molecule has 0 aliphatic rings. The summed E-state index contributed by atoms with van der Waals surface area (Å²) in [4.78, 5) is 25.4. The molecule has 100 valence electrons. The first-order valence-corrected chi connectivity index (χ1v) is 5.55. The van der Waals surface area contributed by atoms with Crippen LogP contribution in [0.4, 0.5) is 5.69 Å². The van der Waals surface area contributed by atoms with Gasteiger partial charge in [0.2, 0.25) is 5.78 Å². The average Bonchev–Trinajstić information content (AvgIpc) is 2.97. The molecule has 2 heterocycles. The van der Waals surface area contributed by atoms with Crippen molar-refractivity contribution in [2.75, 3.05) is 0 Å². The molecule has 0 aliphatic carbocycles. The van der Waals surface area contributed by atoms with E-state index in [-0.39, 0.29) is 36.2 Å². The Bertz CT molecular complexity index is 630. The third-order valence-electron chi connectivity index (χ3n) is 2.59. The van der Waals surface area contributed by atoms with E-state index < -0.39 is 4.92 Å². The molecule has 0 N–H and O–H groups in total. The van der Waals surface area contributed by atoms with Gasteiger partial charge in [0.1, 0.15) is 18.4 Å². The highest BCUT2D eigenvalue weighted by Gasteiger charge is 2.19. The second kappa shape index (κ2) is 4.96. The monoisotopic (exact) mass is 265 g/mol. The van der Waals surface area contributed by atoms with E-state index in [2.05, 4.69) is 15.2 Å². The SMILES string of the molecule is CCC(=O)c1nc(Cn2ncc([N+](=O)[O-])c2C)no1. The Balaban J connectivity index is 2.20. The maximum atomic E-state index is 11.3. The summed E-state index contributed by atoms with van der Waals surface area (Å²) in [5.74, 6) is -0.0587. The molecule has 0 bridgehead atoms. The third kappa shape index (κ3) is 2.49. The number of rotatable bonds is 5. The lowest BCUT2D eigenvalue weighted by atomic mass is 10.3. The van der Waals surface area contributed by atoms with Crippen molar-refractivity contribution in [2.45, 2.75) is 26.8 Å². The molecule has 0 radical (unpaired) electrons. The highest BCUT2D eigenvalue weighted by molar-refractivity contribution is 5.91. The van der Waals surface area contributed by atoms with E-state index in [1.807, 2.05) is 0 Å². The number of aromatic nitrogens is 4. The highest BCUT2D eigenvalue weighted by atomic mass is 16.6. The van der Waals surface area contributed by atoms with Gasteiger partial charge in [0, 0.05) is 6.42 Å². The molecular formula is C10H11N5O4. The first kappa shape index (κ1) is 12.9. The molecule has 0 spiro atoms. The van der Waals surface area contributed by atoms with Gasteiger partial charge >= 0.3 is 5.69 Å². The van der Waals surface area contributed by atoms with Gasteiger partial charge < -0.3 is 4.52 Å². The third-order valence-corrected chi connectivity index (χ3v) is 2.59. The largest absolute Gasteiger partial charge is 0.331 e. The minimum Gasteiger partial charge on any atom is -0.331 e. The Morgan fingerprint density at radius 3 is 2.89 bits per heavy atom. The van der Waals surface area contributed by atoms with Crippen LogP contribution in [0.25, 0.3) is 0 Å². The molecule has 0 fully saturated rings. The van der Waals surface area contributed by atoms with E-state index in [0.717, 1.165) is 6.20 Å². The average molecular weight is 265 g/mol. The predicted octanol–water partition coefficient (Wildman–Crippen LogP) is 1.12. The molecule has 0 amide bonds. The van der Waals surface area contributed by atoms with E-state index in [0.29, 0.717) is 5.69 Å². The zero-order valence-corrected chi connectivity index (χ0v) is 10.4. The molecule has 0 saturated carbocycles. The van der Waals surface area contributed by atoms with Crippen molar-refractivity contribution in [3.05, 3.63) is 33.7 Å². The van der Waals surface area contributed by atoms with Crippen molar-refractivity contribution < 1.29 is 14.2 Å². The van der Waals surface area contributed by atoms with Gasteiger partial charge in [0.05, 0.1) is 4.92 Å². The first-order chi connectivity index (χ1) is 9.02. The second-order valence-electron chi connectivity index (χ2n) is 3.82. The van der Waals surface area contributed by atoms with Gasteiger partial charge in [-0.2, -0.15) is 10.1 Å². The topological polar surface area (TPSA) is 117 Å². The lowest BCUT2D eigenvalue weighted by Crippen LogP contribution is -2.06. The van der Waals surface area contributed by atoms with Crippen LogP contribution in [0.5, 0.6) is 0 Å². The predicted molar refractivity (Wildman–Crippen MR) is 61.6 cm³/mol. The Kier molecular flexibility index (Phi) is 3.36. The van der Waals surface area contributed by atoms with E-state index in [1.54, 1.807) is 13.8 Å². The van der Waals surface area contributed by atoms with Crippen LogP contribution in [0.2, 0.25) is 0 Å². The fourth-order valence-electron chi connectivity index (χ4n) is 1.49. The van der Waals surface area contributed by atoms with Gasteiger partial charge in [-0.25, -0.2) is 0 Å². The number of Topliss-reactive ketones (excluding diaryl/α,β-unsaturated/α-hetero) is 1. The molecule has 2 aromatic heterocycles. The number of hydrogen-bond donors (Lipinski definition) is 0. The van der Waals surface area contributed by atoms with E-state index in [4.69, 9.17) is 4.52 Å². The van der Waals surface area contributed by atoms with E-state index in [1.165, 1.54) is 4.68 Å². The molecule has 19 heavy (non-hydrogen) atoms. The molecular weight excluding hydrogens is 254 g/mol. The van der Waals surface area contributed by atoms with Gasteiger partial charge in [-0.05, 0) is 6.92 Å². The van der Waals surface area contributed by atoms with Gasteiger partial charge in [-0.3, -0.25) is 19.6 Å². The Morgan fingerprint density at radius 1 is 1.58 bits per heavy atom. The minimum atomic E-state index is -0.513. The summed E-state index contributed by atoms with van der Waals surface area (Å²) in [5.41, 5.74) is 0.312. The molecule has 9 heteroatoms. The van der Waals surface area contributed by atoms with Crippen molar-refractivity contribution in [3.63, 3.8) is 0 Å². The van der Waals surface area contributed by atoms with Gasteiger partial charge in [-0.15, -0.1) is 0 Å². The lowest BCUT2D eigenvalue weighted by Gasteiger charge is -1.98. The summed E-state index contributed by atoms with van der Waals surface area (Å²) in [6.07, 6.45) is 1.43. The summed E-state index contributed by atoms with van der Waals surface area (Å²) in [7, 11) is 0. The quantitative estimate of drug-likeness (QED) is 0.451. The second-order valence-corrected chi connectivity index (χ2v) is 3.82. The lowest BCUT2D eigenvalue weighted by molar-refractivity contribution is -0.385. The van der Waals surface area contributed by atoms with Gasteiger partial charge in [-0.1, -0.05) is 12.1 Å². The molecule has 0 aromatic carbocycles. The summed E-state index contributed by atoms with van der Waals surface area (Å²) in [6.45, 7) is 3.37. The molecule has 9 nitrogen and oxygen atoms in total. The van der Waals surface area contributed by atoms with Crippen molar-refractivity contribution in [3.8, 4) is 0 Å². The molecule has 0 atom stereocenters. The fraction of sp³-hybridized carbons (Fsp3) is 0.400. The standard InChI is InChI=1S/C10H11N5O4/c1-3-8(16)10-12-9(13-19-10)5-14-6(2)7(4-11-14)15(17)18/h4H,3,5H2,1-2H3. The van der Waals surface area contributed by atoms with E-state index >= 15 is 0 Å². The van der Waals surface area contributed by atoms with Crippen LogP contribution >= 0.6 is 0 Å². The van der Waals surface area contributed by atoms with Crippen LogP contribution < -0.4 is 0 Å². The number of hydrogen-bond acceptors (Lipinski definition) is 7. The summed E-state index contributed by atoms with van der Waals surface area (Å²) < 4.78 is 6.18. The Labute approximate surface area is 107 Å². The van der Waals surface area contributed by atoms with Gasteiger partial charge in [0.15, 0.2) is 5.82 Å². The van der Waals surface area contributed by atoms with Crippen LogP contribution in [-0.2, 0) is 6.54 Å². The van der Waals surface area contributed by atoms with Crippen LogP contribution in [0, 0.1) is 17.0 Å². The maximum Gasteiger partial charge on any atom is 0.309 e. The number of nitrogens with zero attached hydrogens (tertiary/aromatic N) is 5. The Hall–Kier alpha value is -2.58. The highest BCUT2D eigenvalue weighted by Crippen LogP contribution is 2.16. The Morgan fingerprint density at radius 2 is 2.32 bits per heavy atom. The number of nitro groups is 1. The van der Waals surface area contributed by atoms with Crippen molar-refractivity contribution in [1.29, 1.82) is 0 Å². The number of carbonyl (C=O) groups is 1. The van der Waals surface area contributed by atoms with Crippen LogP contribution in [0.3, 0.4) is 0 Å². The zero-order chi connectivity index (χ0) is 14.0. The number of carbonyl (C=O) groups excluding carboxylic acids is 1. The molecule has 0 saturated heterocycles. The minimum absolute atomic E-state index is 0.0585. The molecule has 2 rings (SSSR count). The van der Waals surface area contributed by atoms with Crippen molar-refractivity contribution >= 4 is 11.5 Å².